The van der Waals surface area contributed by atoms with Crippen molar-refractivity contribution in [1.29, 1.82) is 0 Å². The van der Waals surface area contributed by atoms with Crippen molar-refractivity contribution in [1.82, 2.24) is 35.1 Å². The van der Waals surface area contributed by atoms with Crippen molar-refractivity contribution >= 4 is 45.0 Å². The zero-order valence-corrected chi connectivity index (χ0v) is 19.1. The Bertz CT molecular complexity index is 1710. The van der Waals surface area contributed by atoms with Crippen LogP contribution in [-0.4, -0.2) is 41.0 Å². The van der Waals surface area contributed by atoms with Crippen LogP contribution in [-0.2, 0) is 4.79 Å². The molecule has 0 aromatic carbocycles. The van der Waals surface area contributed by atoms with Gasteiger partial charge >= 0.3 is 0 Å². The van der Waals surface area contributed by atoms with Crippen LogP contribution < -0.4 is 5.32 Å². The number of hydrogen-bond acceptors (Lipinski definition) is 7. The predicted octanol–water partition coefficient (Wildman–Crippen LogP) is 5.04. The summed E-state index contributed by atoms with van der Waals surface area (Å²) in [6, 6.07) is 11.7. The van der Waals surface area contributed by atoms with Crippen molar-refractivity contribution in [2.24, 2.45) is 5.92 Å². The minimum Gasteiger partial charge on any atom is -0.336 e. The van der Waals surface area contributed by atoms with Crippen LogP contribution in [0.25, 0.3) is 55.4 Å². The highest BCUT2D eigenvalue weighted by Crippen LogP contribution is 2.33. The molecule has 1 fully saturated rings. The molecule has 170 valence electrons. The van der Waals surface area contributed by atoms with Gasteiger partial charge in [-0.05, 0) is 48.6 Å². The number of anilines is 1. The Kier molecular flexibility index (Phi) is 4.46. The van der Waals surface area contributed by atoms with Crippen molar-refractivity contribution in [3.8, 4) is 33.3 Å². The number of carbonyl (C=O) groups excluding carboxylic acids is 1. The van der Waals surface area contributed by atoms with Gasteiger partial charge in [0.1, 0.15) is 16.7 Å². The quantitative estimate of drug-likeness (QED) is 0.319. The summed E-state index contributed by atoms with van der Waals surface area (Å²) < 4.78 is 0. The fraction of sp³-hybridized carbons (Fsp3) is 0.120. The second-order valence-electron chi connectivity index (χ2n) is 8.51. The standard InChI is InChI=1S/C25H18N8OS/c34-25(13-3-4-13)28-15-10-14(11-26-12-15)16-5-6-18-21(29-16)23(33-32-18)24-30-17-7-8-27-22(20(17)31-24)19-2-1-9-35-19/h1-2,5-13H,3-4H2,(H,28,34)(H,30,31)(H,32,33). The van der Waals surface area contributed by atoms with Crippen molar-refractivity contribution in [3.05, 3.63) is 60.4 Å². The molecule has 1 aliphatic carbocycles. The van der Waals surface area contributed by atoms with Gasteiger partial charge in [0.05, 0.1) is 33.5 Å². The summed E-state index contributed by atoms with van der Waals surface area (Å²) in [6.45, 7) is 0. The Hall–Kier alpha value is -4.44. The molecule has 6 heterocycles. The highest BCUT2D eigenvalue weighted by atomic mass is 32.1. The van der Waals surface area contributed by atoms with Gasteiger partial charge < -0.3 is 10.3 Å². The maximum Gasteiger partial charge on any atom is 0.227 e. The van der Waals surface area contributed by atoms with Gasteiger partial charge in [-0.2, -0.15) is 5.10 Å². The topological polar surface area (TPSA) is 125 Å². The van der Waals surface area contributed by atoms with E-state index in [1.165, 1.54) is 0 Å². The number of H-pyrrole nitrogens is 2. The van der Waals surface area contributed by atoms with E-state index < -0.39 is 0 Å². The minimum absolute atomic E-state index is 0.0470. The van der Waals surface area contributed by atoms with Gasteiger partial charge in [0.15, 0.2) is 11.5 Å². The number of aromatic amines is 2. The number of amides is 1. The first-order valence-corrected chi connectivity index (χ1v) is 12.1. The highest BCUT2D eigenvalue weighted by Gasteiger charge is 2.29. The summed E-state index contributed by atoms with van der Waals surface area (Å²) in [5.74, 6) is 0.789. The van der Waals surface area contributed by atoms with Crippen LogP contribution in [0.2, 0.25) is 0 Å². The molecule has 0 atom stereocenters. The maximum atomic E-state index is 12.2. The number of pyridine rings is 3. The fourth-order valence-electron chi connectivity index (χ4n) is 4.10. The Balaban J connectivity index is 1.29. The first kappa shape index (κ1) is 20.0. The first-order chi connectivity index (χ1) is 17.2. The Morgan fingerprint density at radius 1 is 1.03 bits per heavy atom. The van der Waals surface area contributed by atoms with Crippen LogP contribution in [0.4, 0.5) is 5.69 Å². The van der Waals surface area contributed by atoms with E-state index in [0.717, 1.165) is 51.2 Å². The molecule has 10 heteroatoms. The van der Waals surface area contributed by atoms with Crippen LogP contribution in [0.15, 0.2) is 60.4 Å². The molecule has 6 aromatic heterocycles. The number of carbonyl (C=O) groups is 1. The molecular formula is C25H18N8OS. The van der Waals surface area contributed by atoms with Gasteiger partial charge in [0.2, 0.25) is 5.91 Å². The normalized spacial score (nSPS) is 13.5. The molecule has 0 radical (unpaired) electrons. The first-order valence-electron chi connectivity index (χ1n) is 11.2. The molecule has 1 amide bonds. The number of nitrogens with zero attached hydrogens (tertiary/aromatic N) is 5. The lowest BCUT2D eigenvalue weighted by Crippen LogP contribution is -2.13. The number of fused-ring (bicyclic) bond motifs is 2. The van der Waals surface area contributed by atoms with Gasteiger partial charge in [-0.3, -0.25) is 19.9 Å². The molecule has 0 spiro atoms. The average Bonchev–Trinajstić information content (AvgIpc) is 3.26. The number of hydrogen-bond donors (Lipinski definition) is 3. The maximum absolute atomic E-state index is 12.2. The van der Waals surface area contributed by atoms with Crippen molar-refractivity contribution in [2.45, 2.75) is 12.8 Å². The van der Waals surface area contributed by atoms with E-state index in [1.807, 2.05) is 41.8 Å². The predicted molar refractivity (Wildman–Crippen MR) is 135 cm³/mol. The van der Waals surface area contributed by atoms with E-state index >= 15 is 0 Å². The van der Waals surface area contributed by atoms with Crippen molar-refractivity contribution < 1.29 is 4.79 Å². The number of aromatic nitrogens is 7. The summed E-state index contributed by atoms with van der Waals surface area (Å²) in [5, 5.41) is 12.5. The molecule has 1 aliphatic rings. The smallest absolute Gasteiger partial charge is 0.227 e. The SMILES string of the molecule is O=C(Nc1cncc(-c2ccc3[nH]nc(-c4nc5c(-c6cccs6)nccc5[nH]4)c3n2)c1)C1CC1. The van der Waals surface area contributed by atoms with E-state index in [9.17, 15) is 4.79 Å². The second kappa shape index (κ2) is 7.81. The molecule has 6 aromatic rings. The van der Waals surface area contributed by atoms with E-state index in [1.54, 1.807) is 29.9 Å². The van der Waals surface area contributed by atoms with Crippen LogP contribution in [0, 0.1) is 5.92 Å². The summed E-state index contributed by atoms with van der Waals surface area (Å²) in [7, 11) is 0. The Morgan fingerprint density at radius 3 is 2.80 bits per heavy atom. The van der Waals surface area contributed by atoms with Gasteiger partial charge in [-0.25, -0.2) is 9.97 Å². The second-order valence-corrected chi connectivity index (χ2v) is 9.46. The molecule has 35 heavy (non-hydrogen) atoms. The Morgan fingerprint density at radius 2 is 1.94 bits per heavy atom. The average molecular weight is 479 g/mol. The molecular weight excluding hydrogens is 460 g/mol. The zero-order valence-electron chi connectivity index (χ0n) is 18.3. The number of rotatable bonds is 5. The Labute approximate surface area is 202 Å². The highest BCUT2D eigenvalue weighted by molar-refractivity contribution is 7.13. The number of imidazole rings is 1. The van der Waals surface area contributed by atoms with Crippen LogP contribution >= 0.6 is 11.3 Å². The molecule has 0 bridgehead atoms. The summed E-state index contributed by atoms with van der Waals surface area (Å²) in [6.07, 6.45) is 7.07. The van der Waals surface area contributed by atoms with Crippen LogP contribution in [0.3, 0.4) is 0 Å². The molecule has 3 N–H and O–H groups in total. The van der Waals surface area contributed by atoms with Gasteiger partial charge in [0.25, 0.3) is 0 Å². The van der Waals surface area contributed by atoms with Gasteiger partial charge in [-0.15, -0.1) is 11.3 Å². The fourth-order valence-corrected chi connectivity index (χ4v) is 4.83. The van der Waals surface area contributed by atoms with Gasteiger partial charge in [0, 0.05) is 23.9 Å². The van der Waals surface area contributed by atoms with Crippen LogP contribution in [0.5, 0.6) is 0 Å². The molecule has 7 rings (SSSR count). The van der Waals surface area contributed by atoms with Crippen LogP contribution in [0.1, 0.15) is 12.8 Å². The molecule has 0 saturated heterocycles. The van der Waals surface area contributed by atoms with Crippen molar-refractivity contribution in [2.75, 3.05) is 5.32 Å². The summed E-state index contributed by atoms with van der Waals surface area (Å²) >= 11 is 1.63. The van der Waals surface area contributed by atoms with E-state index in [2.05, 4.69) is 30.5 Å². The summed E-state index contributed by atoms with van der Waals surface area (Å²) in [5.41, 5.74) is 6.83. The largest absolute Gasteiger partial charge is 0.336 e. The van der Waals surface area contributed by atoms with E-state index in [0.29, 0.717) is 22.7 Å². The summed E-state index contributed by atoms with van der Waals surface area (Å²) in [4.78, 5) is 35.1. The number of thiophene rings is 1. The molecule has 9 nitrogen and oxygen atoms in total. The lowest BCUT2D eigenvalue weighted by molar-refractivity contribution is -0.117. The molecule has 0 aliphatic heterocycles. The molecule has 0 unspecified atom stereocenters. The number of nitrogens with one attached hydrogen (secondary N) is 3. The lowest BCUT2D eigenvalue weighted by atomic mass is 10.1. The minimum atomic E-state index is 0.0470. The third-order valence-corrected chi connectivity index (χ3v) is 6.91. The third kappa shape index (κ3) is 3.55. The third-order valence-electron chi connectivity index (χ3n) is 6.04. The monoisotopic (exact) mass is 478 g/mol. The van der Waals surface area contributed by atoms with E-state index in [4.69, 9.17) is 9.97 Å². The van der Waals surface area contributed by atoms with Gasteiger partial charge in [-0.1, -0.05) is 6.07 Å². The van der Waals surface area contributed by atoms with E-state index in [-0.39, 0.29) is 11.8 Å². The van der Waals surface area contributed by atoms with Crippen molar-refractivity contribution in [3.63, 3.8) is 0 Å². The zero-order chi connectivity index (χ0) is 23.4. The lowest BCUT2D eigenvalue weighted by Gasteiger charge is -2.06. The molecule has 1 saturated carbocycles.